The second kappa shape index (κ2) is 9.26. The number of rotatable bonds is 6. The van der Waals surface area contributed by atoms with Crippen LogP contribution in [0.25, 0.3) is 0 Å². The second-order valence-corrected chi connectivity index (χ2v) is 6.70. The van der Waals surface area contributed by atoms with Crippen molar-refractivity contribution in [3.63, 3.8) is 0 Å². The van der Waals surface area contributed by atoms with Gasteiger partial charge in [-0.2, -0.15) is 0 Å². The monoisotopic (exact) mass is 423 g/mol. The van der Waals surface area contributed by atoms with E-state index in [1.165, 1.54) is 0 Å². The first-order chi connectivity index (χ1) is 15.1. The lowest BCUT2D eigenvalue weighted by molar-refractivity contribution is 0.0983. The lowest BCUT2D eigenvalue weighted by Gasteiger charge is -2.28. The molecule has 0 unspecified atom stereocenters. The molecular weight excluding hydrogens is 402 g/mol. The van der Waals surface area contributed by atoms with Gasteiger partial charge >= 0.3 is 17.8 Å². The van der Waals surface area contributed by atoms with Crippen LogP contribution in [0, 0.1) is 0 Å². The van der Waals surface area contributed by atoms with Crippen LogP contribution >= 0.6 is 0 Å². The number of carbonyl (C=O) groups excluding carboxylic acids is 2. The summed E-state index contributed by atoms with van der Waals surface area (Å²) < 4.78 is 15.7. The molecule has 2 N–H and O–H groups in total. The van der Waals surface area contributed by atoms with E-state index in [9.17, 15) is 9.59 Å². The zero-order valence-electron chi connectivity index (χ0n) is 16.8. The Hall–Kier alpha value is -3.92. The largest absolute Gasteiger partial charge is 0.497 e. The zero-order valence-corrected chi connectivity index (χ0v) is 16.8. The Balaban J connectivity index is 1.34. The number of nitrogens with one attached hydrogen (secondary N) is 2. The van der Waals surface area contributed by atoms with Crippen molar-refractivity contribution >= 4 is 29.2 Å². The Labute approximate surface area is 178 Å². The predicted octanol–water partition coefficient (Wildman–Crippen LogP) is 2.42. The Kier molecular flexibility index (Phi) is 6.08. The first-order valence-electron chi connectivity index (χ1n) is 9.65. The van der Waals surface area contributed by atoms with E-state index in [1.807, 2.05) is 12.1 Å². The van der Waals surface area contributed by atoms with Crippen molar-refractivity contribution in [3.8, 4) is 5.75 Å². The van der Waals surface area contributed by atoms with Gasteiger partial charge in [0.1, 0.15) is 5.75 Å². The van der Waals surface area contributed by atoms with Gasteiger partial charge in [0, 0.05) is 30.0 Å². The predicted molar refractivity (Wildman–Crippen MR) is 113 cm³/mol. The Morgan fingerprint density at radius 2 is 1.65 bits per heavy atom. The number of nitrogens with zero attached hydrogens (tertiary/aromatic N) is 3. The number of hydrogen-bond acceptors (Lipinski definition) is 8. The van der Waals surface area contributed by atoms with Gasteiger partial charge < -0.3 is 24.1 Å². The molecule has 0 radical (unpaired) electrons. The van der Waals surface area contributed by atoms with Gasteiger partial charge in [-0.05, 0) is 48.5 Å². The Morgan fingerprint density at radius 1 is 0.935 bits per heavy atom. The molecule has 0 spiro atoms. The Bertz CT molecular complexity index is 1040. The zero-order chi connectivity index (χ0) is 21.6. The quantitative estimate of drug-likeness (QED) is 0.621. The van der Waals surface area contributed by atoms with Gasteiger partial charge in [0.15, 0.2) is 0 Å². The van der Waals surface area contributed by atoms with Gasteiger partial charge in [-0.15, -0.1) is 5.10 Å². The number of hydrogen-bond donors (Lipinski definition) is 2. The topological polar surface area (TPSA) is 119 Å². The average Bonchev–Trinajstić information content (AvgIpc) is 3.29. The summed E-state index contributed by atoms with van der Waals surface area (Å²) in [6.45, 7) is 3.07. The third-order valence-corrected chi connectivity index (χ3v) is 4.69. The third kappa shape index (κ3) is 4.98. The molecule has 0 aliphatic carbocycles. The lowest BCUT2D eigenvalue weighted by Crippen LogP contribution is -2.36. The van der Waals surface area contributed by atoms with Gasteiger partial charge in [0.05, 0.1) is 20.3 Å². The van der Waals surface area contributed by atoms with E-state index >= 15 is 0 Å². The molecule has 1 fully saturated rings. The lowest BCUT2D eigenvalue weighted by atomic mass is 10.2. The van der Waals surface area contributed by atoms with Crippen LogP contribution in [0.5, 0.6) is 5.75 Å². The minimum absolute atomic E-state index is 0.173. The smallest absolute Gasteiger partial charge is 0.322 e. The highest BCUT2D eigenvalue weighted by Crippen LogP contribution is 2.20. The summed E-state index contributed by atoms with van der Waals surface area (Å²) in [6, 6.07) is 13.8. The summed E-state index contributed by atoms with van der Waals surface area (Å²) in [5.41, 5.74) is 2.03. The van der Waals surface area contributed by atoms with E-state index in [2.05, 4.69) is 25.7 Å². The SMILES string of the molecule is COc1ccc(C(=O)Nc2nnc(C(=O)Nc3ccc(N4CCOCC4)cc3)o2)cc1. The summed E-state index contributed by atoms with van der Waals surface area (Å²) in [6.07, 6.45) is 0. The van der Waals surface area contributed by atoms with E-state index in [4.69, 9.17) is 13.9 Å². The summed E-state index contributed by atoms with van der Waals surface area (Å²) in [5, 5.41) is 12.5. The van der Waals surface area contributed by atoms with Gasteiger partial charge in [-0.25, -0.2) is 0 Å². The molecule has 10 nitrogen and oxygen atoms in total. The van der Waals surface area contributed by atoms with E-state index in [0.717, 1.165) is 18.8 Å². The fourth-order valence-corrected chi connectivity index (χ4v) is 3.04. The van der Waals surface area contributed by atoms with Crippen LogP contribution in [0.4, 0.5) is 17.4 Å². The molecule has 1 aliphatic rings. The normalized spacial score (nSPS) is 13.5. The van der Waals surface area contributed by atoms with Crippen LogP contribution in [0.15, 0.2) is 52.9 Å². The highest BCUT2D eigenvalue weighted by molar-refractivity contribution is 6.04. The van der Waals surface area contributed by atoms with Crippen LogP contribution in [-0.2, 0) is 4.74 Å². The molecule has 1 aromatic heterocycles. The number of amides is 2. The molecule has 1 aliphatic heterocycles. The van der Waals surface area contributed by atoms with Crippen molar-refractivity contribution in [2.24, 2.45) is 0 Å². The van der Waals surface area contributed by atoms with Crippen molar-refractivity contribution in [2.45, 2.75) is 0 Å². The molecule has 2 amide bonds. The molecule has 4 rings (SSSR count). The first-order valence-corrected chi connectivity index (χ1v) is 9.65. The highest BCUT2D eigenvalue weighted by Gasteiger charge is 2.18. The van der Waals surface area contributed by atoms with Crippen molar-refractivity contribution in [3.05, 3.63) is 60.0 Å². The minimum atomic E-state index is -0.573. The van der Waals surface area contributed by atoms with Crippen molar-refractivity contribution < 1.29 is 23.5 Å². The molecule has 0 bridgehead atoms. The number of morpholine rings is 1. The van der Waals surface area contributed by atoms with Gasteiger partial charge in [0.25, 0.3) is 5.91 Å². The summed E-state index contributed by atoms with van der Waals surface area (Å²) in [7, 11) is 1.54. The van der Waals surface area contributed by atoms with Crippen LogP contribution in [0.1, 0.15) is 21.0 Å². The molecule has 2 heterocycles. The molecule has 31 heavy (non-hydrogen) atoms. The van der Waals surface area contributed by atoms with E-state index in [-0.39, 0.29) is 11.9 Å². The number of ether oxygens (including phenoxy) is 2. The molecule has 0 saturated carbocycles. The van der Waals surface area contributed by atoms with E-state index in [0.29, 0.717) is 30.2 Å². The second-order valence-electron chi connectivity index (χ2n) is 6.70. The van der Waals surface area contributed by atoms with Crippen LogP contribution in [0.3, 0.4) is 0 Å². The van der Waals surface area contributed by atoms with Crippen molar-refractivity contribution in [2.75, 3.05) is 48.9 Å². The molecule has 0 atom stereocenters. The third-order valence-electron chi connectivity index (χ3n) is 4.69. The molecule has 160 valence electrons. The minimum Gasteiger partial charge on any atom is -0.497 e. The van der Waals surface area contributed by atoms with E-state index < -0.39 is 11.8 Å². The Morgan fingerprint density at radius 3 is 2.32 bits per heavy atom. The molecular formula is C21H21N5O5. The fraction of sp³-hybridized carbons (Fsp3) is 0.238. The first kappa shape index (κ1) is 20.4. The maximum Gasteiger partial charge on any atom is 0.322 e. The van der Waals surface area contributed by atoms with Crippen molar-refractivity contribution in [1.82, 2.24) is 10.2 Å². The van der Waals surface area contributed by atoms with E-state index in [1.54, 1.807) is 43.5 Å². The maximum absolute atomic E-state index is 12.4. The van der Waals surface area contributed by atoms with Crippen LogP contribution in [0.2, 0.25) is 0 Å². The number of methoxy groups -OCH3 is 1. The fourth-order valence-electron chi connectivity index (χ4n) is 3.04. The number of carbonyl (C=O) groups is 2. The molecule has 10 heteroatoms. The molecule has 3 aromatic rings. The number of benzene rings is 2. The standard InChI is InChI=1S/C21H21N5O5/c1-29-17-8-2-14(3-9-17)18(27)23-21-25-24-20(31-21)19(28)22-15-4-6-16(7-5-15)26-10-12-30-13-11-26/h2-9H,10-13H2,1H3,(H,22,28)(H,23,25,27). The molecule has 2 aromatic carbocycles. The highest BCUT2D eigenvalue weighted by atomic mass is 16.5. The maximum atomic E-state index is 12.4. The number of aromatic nitrogens is 2. The van der Waals surface area contributed by atoms with Gasteiger partial charge in [-0.3, -0.25) is 14.9 Å². The van der Waals surface area contributed by atoms with Crippen molar-refractivity contribution in [1.29, 1.82) is 0 Å². The summed E-state index contributed by atoms with van der Waals surface area (Å²) >= 11 is 0. The van der Waals surface area contributed by atoms with Crippen LogP contribution < -0.4 is 20.3 Å². The molecule has 1 saturated heterocycles. The summed E-state index contributed by atoms with van der Waals surface area (Å²) in [5.74, 6) is -0.651. The van der Waals surface area contributed by atoms with Crippen LogP contribution in [-0.4, -0.2) is 55.4 Å². The number of anilines is 3. The van der Waals surface area contributed by atoms with Gasteiger partial charge in [-0.1, -0.05) is 5.10 Å². The average molecular weight is 423 g/mol. The summed E-state index contributed by atoms with van der Waals surface area (Å²) in [4.78, 5) is 26.8. The van der Waals surface area contributed by atoms with Gasteiger partial charge in [0.2, 0.25) is 0 Å².